The molecule has 0 amide bonds. The van der Waals surface area contributed by atoms with Crippen LogP contribution >= 0.6 is 0 Å². The summed E-state index contributed by atoms with van der Waals surface area (Å²) >= 11 is 0. The van der Waals surface area contributed by atoms with Gasteiger partial charge in [-0.3, -0.25) is 20.2 Å². The second-order valence-corrected chi connectivity index (χ2v) is 4.55. The first-order valence-electron chi connectivity index (χ1n) is 6.37. The smallest absolute Gasteiger partial charge is 0.330 e. The maximum absolute atomic E-state index is 12.8. The SMILES string of the molecule is C=C(C)C(=O)O.C=C(C)C(=O)O.Nc1cc(F)c([N+](=O)[O-])cc1[N+](=O)[O-]. The molecule has 0 heterocycles. The highest BCUT2D eigenvalue weighted by Crippen LogP contribution is 2.29. The summed E-state index contributed by atoms with van der Waals surface area (Å²) in [6.45, 7) is 9.20. The fourth-order valence-corrected chi connectivity index (χ4v) is 0.864. The Morgan fingerprint density at radius 3 is 1.54 bits per heavy atom. The summed E-state index contributed by atoms with van der Waals surface area (Å²) in [6, 6.07) is 1.04. The molecule has 0 aliphatic heterocycles. The molecule has 1 rings (SSSR count). The fourth-order valence-electron chi connectivity index (χ4n) is 0.864. The highest BCUT2D eigenvalue weighted by Gasteiger charge is 2.22. The van der Waals surface area contributed by atoms with Crippen LogP contribution in [0.3, 0.4) is 0 Å². The lowest BCUT2D eigenvalue weighted by atomic mass is 10.2. The molecule has 4 N–H and O–H groups in total. The van der Waals surface area contributed by atoms with E-state index < -0.39 is 44.7 Å². The maximum Gasteiger partial charge on any atom is 0.330 e. The number of nitrogens with two attached hydrogens (primary N) is 1. The van der Waals surface area contributed by atoms with E-state index in [2.05, 4.69) is 13.2 Å². The van der Waals surface area contributed by atoms with Crippen LogP contribution in [0.25, 0.3) is 0 Å². The lowest BCUT2D eigenvalue weighted by Crippen LogP contribution is -2.00. The third-order valence-electron chi connectivity index (χ3n) is 2.22. The predicted octanol–water partition coefficient (Wildman–Crippen LogP) is 2.52. The largest absolute Gasteiger partial charge is 0.478 e. The summed E-state index contributed by atoms with van der Waals surface area (Å²) in [7, 11) is 0. The number of nitro groups is 2. The zero-order valence-electron chi connectivity index (χ0n) is 13.8. The van der Waals surface area contributed by atoms with Gasteiger partial charge in [-0.05, 0) is 13.8 Å². The third-order valence-corrected chi connectivity index (χ3v) is 2.22. The van der Waals surface area contributed by atoms with Crippen molar-refractivity contribution in [2.45, 2.75) is 13.8 Å². The Morgan fingerprint density at radius 2 is 1.31 bits per heavy atom. The Labute approximate surface area is 146 Å². The molecule has 0 unspecified atom stereocenters. The van der Waals surface area contributed by atoms with Gasteiger partial charge in [0.2, 0.25) is 5.82 Å². The maximum atomic E-state index is 12.8. The van der Waals surface area contributed by atoms with Gasteiger partial charge in [0.15, 0.2) is 0 Å². The van der Waals surface area contributed by atoms with Crippen LogP contribution in [-0.2, 0) is 9.59 Å². The molecule has 12 heteroatoms. The Balaban J connectivity index is 0. The van der Waals surface area contributed by atoms with E-state index in [0.29, 0.717) is 12.1 Å². The van der Waals surface area contributed by atoms with Gasteiger partial charge in [0, 0.05) is 17.2 Å². The summed E-state index contributed by atoms with van der Waals surface area (Å²) in [6.07, 6.45) is 0. The number of hydrogen-bond acceptors (Lipinski definition) is 7. The standard InChI is InChI=1S/C6H4FN3O4.2C4H6O2/c7-3-1-4(8)6(10(13)14)2-5(3)9(11)12;2*1-3(2)4(5)6/h1-2H,8H2;2*1H2,2H3,(H,5,6). The first kappa shape index (κ1) is 24.4. The van der Waals surface area contributed by atoms with E-state index in [1.807, 2.05) is 0 Å². The first-order valence-corrected chi connectivity index (χ1v) is 6.37. The molecule has 0 radical (unpaired) electrons. The van der Waals surface area contributed by atoms with E-state index in [1.165, 1.54) is 13.8 Å². The molecular weight excluding hydrogens is 357 g/mol. The number of halogens is 1. The van der Waals surface area contributed by atoms with Crippen molar-refractivity contribution in [2.24, 2.45) is 0 Å². The van der Waals surface area contributed by atoms with Gasteiger partial charge in [-0.25, -0.2) is 9.59 Å². The van der Waals surface area contributed by atoms with Gasteiger partial charge < -0.3 is 15.9 Å². The second kappa shape index (κ2) is 10.9. The minimum atomic E-state index is -1.20. The van der Waals surface area contributed by atoms with E-state index in [1.54, 1.807) is 0 Å². The number of aliphatic carboxylic acids is 2. The molecule has 0 bridgehead atoms. The molecule has 0 saturated carbocycles. The lowest BCUT2D eigenvalue weighted by Gasteiger charge is -1.97. The highest BCUT2D eigenvalue weighted by atomic mass is 19.1. The summed E-state index contributed by atoms with van der Waals surface area (Å²) in [5.74, 6) is -3.07. The van der Waals surface area contributed by atoms with Crippen molar-refractivity contribution in [3.63, 3.8) is 0 Å². The summed E-state index contributed by atoms with van der Waals surface area (Å²) in [4.78, 5) is 37.7. The first-order chi connectivity index (χ1) is 11.7. The van der Waals surface area contributed by atoms with E-state index in [9.17, 15) is 34.2 Å². The van der Waals surface area contributed by atoms with Crippen LogP contribution in [0.5, 0.6) is 0 Å². The van der Waals surface area contributed by atoms with Gasteiger partial charge in [-0.2, -0.15) is 4.39 Å². The molecule has 0 spiro atoms. The number of nitro benzene ring substituents is 2. The van der Waals surface area contributed by atoms with E-state index >= 15 is 0 Å². The molecule has 0 aliphatic rings. The average Bonchev–Trinajstić information content (AvgIpc) is 2.47. The van der Waals surface area contributed by atoms with Gasteiger partial charge >= 0.3 is 17.6 Å². The van der Waals surface area contributed by atoms with Gasteiger partial charge in [-0.15, -0.1) is 0 Å². The van der Waals surface area contributed by atoms with Crippen molar-refractivity contribution >= 4 is 29.0 Å². The number of nitrogen functional groups attached to an aromatic ring is 1. The van der Waals surface area contributed by atoms with Crippen molar-refractivity contribution in [2.75, 3.05) is 5.73 Å². The van der Waals surface area contributed by atoms with Crippen LogP contribution in [0.15, 0.2) is 36.4 Å². The Morgan fingerprint density at radius 1 is 1.00 bits per heavy atom. The second-order valence-electron chi connectivity index (χ2n) is 4.55. The van der Waals surface area contributed by atoms with Gasteiger partial charge in [0.25, 0.3) is 5.69 Å². The molecule has 0 fully saturated rings. The van der Waals surface area contributed by atoms with E-state index in [0.717, 1.165) is 0 Å². The van der Waals surface area contributed by atoms with Crippen molar-refractivity contribution in [1.29, 1.82) is 0 Å². The van der Waals surface area contributed by atoms with Gasteiger partial charge in [0.1, 0.15) is 5.69 Å². The number of benzene rings is 1. The van der Waals surface area contributed by atoms with Crippen molar-refractivity contribution in [3.8, 4) is 0 Å². The average molecular weight is 373 g/mol. The summed E-state index contributed by atoms with van der Waals surface area (Å²) in [5, 5.41) is 36.3. The summed E-state index contributed by atoms with van der Waals surface area (Å²) < 4.78 is 12.8. The number of hydrogen-bond donors (Lipinski definition) is 3. The zero-order valence-corrected chi connectivity index (χ0v) is 13.8. The third kappa shape index (κ3) is 9.34. The molecule has 0 atom stereocenters. The number of carboxylic acids is 2. The highest BCUT2D eigenvalue weighted by molar-refractivity contribution is 5.85. The number of anilines is 1. The number of nitrogens with zero attached hydrogens (tertiary/aromatic N) is 2. The van der Waals surface area contributed by atoms with Gasteiger partial charge in [0.05, 0.1) is 15.9 Å². The summed E-state index contributed by atoms with van der Waals surface area (Å²) in [5.41, 5.74) is 3.34. The fraction of sp³-hybridized carbons (Fsp3) is 0.143. The van der Waals surface area contributed by atoms with E-state index in [-0.39, 0.29) is 11.1 Å². The molecule has 1 aromatic carbocycles. The number of carboxylic acid groups (broad SMARTS) is 2. The minimum Gasteiger partial charge on any atom is -0.478 e. The van der Waals surface area contributed by atoms with Crippen molar-refractivity contribution in [1.82, 2.24) is 0 Å². The normalized spacial score (nSPS) is 8.73. The topological polar surface area (TPSA) is 187 Å². The zero-order chi connectivity index (χ0) is 21.2. The molecule has 1 aromatic rings. The van der Waals surface area contributed by atoms with Crippen LogP contribution in [0.4, 0.5) is 21.5 Å². The Hall–Kier alpha value is -3.83. The van der Waals surface area contributed by atoms with Crippen LogP contribution in [0, 0.1) is 26.0 Å². The molecular formula is C14H16FN3O8. The van der Waals surface area contributed by atoms with Crippen LogP contribution < -0.4 is 5.73 Å². The van der Waals surface area contributed by atoms with Gasteiger partial charge in [-0.1, -0.05) is 13.2 Å². The van der Waals surface area contributed by atoms with E-state index in [4.69, 9.17) is 15.9 Å². The molecule has 11 nitrogen and oxygen atoms in total. The van der Waals surface area contributed by atoms with Crippen molar-refractivity contribution in [3.05, 3.63) is 62.5 Å². The quantitative estimate of drug-likeness (QED) is 0.308. The van der Waals surface area contributed by atoms with Crippen LogP contribution in [-0.4, -0.2) is 32.0 Å². The number of rotatable bonds is 4. The van der Waals surface area contributed by atoms with Crippen LogP contribution in [0.1, 0.15) is 13.8 Å². The van der Waals surface area contributed by atoms with Crippen molar-refractivity contribution < 1.29 is 34.0 Å². The minimum absolute atomic E-state index is 0.176. The van der Waals surface area contributed by atoms with Crippen LogP contribution in [0.2, 0.25) is 0 Å². The molecule has 0 saturated heterocycles. The Bertz CT molecular complexity index is 678. The number of carbonyl (C=O) groups is 2. The Kier molecular flexibility index (Phi) is 10.2. The molecule has 26 heavy (non-hydrogen) atoms. The lowest BCUT2D eigenvalue weighted by molar-refractivity contribution is -0.395. The molecule has 0 aromatic heterocycles. The predicted molar refractivity (Wildman–Crippen MR) is 89.0 cm³/mol. The molecule has 0 aliphatic carbocycles. The molecule has 142 valence electrons. The monoisotopic (exact) mass is 373 g/mol.